The second kappa shape index (κ2) is 9.94. The predicted octanol–water partition coefficient (Wildman–Crippen LogP) is 3.62. The summed E-state index contributed by atoms with van der Waals surface area (Å²) >= 11 is -0.351. The molecular formula is C21H30O4Se. The molecule has 0 amide bonds. The monoisotopic (exact) mass is 426 g/mol. The van der Waals surface area contributed by atoms with Gasteiger partial charge in [0.15, 0.2) is 0 Å². The van der Waals surface area contributed by atoms with Crippen LogP contribution in [0.15, 0.2) is 22.7 Å². The number of ether oxygens (including phenoxy) is 2. The molecule has 1 aromatic carbocycles. The Bertz CT molecular complexity index is 658. The molecule has 0 bridgehead atoms. The normalized spacial score (nSPS) is 12.0. The first-order valence-corrected chi connectivity index (χ1v) is 10.6. The van der Waals surface area contributed by atoms with Crippen molar-refractivity contribution < 1.29 is 19.1 Å². The maximum absolute atomic E-state index is 12.2. The number of esters is 2. The van der Waals surface area contributed by atoms with Gasteiger partial charge in [0.2, 0.25) is 0 Å². The van der Waals surface area contributed by atoms with E-state index in [1.54, 1.807) is 0 Å². The molecule has 0 N–H and O–H groups in total. The first-order chi connectivity index (χ1) is 12.1. The van der Waals surface area contributed by atoms with Gasteiger partial charge in [0.05, 0.1) is 0 Å². The summed E-state index contributed by atoms with van der Waals surface area (Å²) in [5.74, 6) is 0.0495. The molecule has 1 rings (SSSR count). The zero-order valence-corrected chi connectivity index (χ0v) is 18.7. The van der Waals surface area contributed by atoms with Crippen molar-refractivity contribution in [2.75, 3.05) is 14.2 Å². The van der Waals surface area contributed by atoms with Gasteiger partial charge in [0, 0.05) is 0 Å². The van der Waals surface area contributed by atoms with Gasteiger partial charge in [0.25, 0.3) is 0 Å². The summed E-state index contributed by atoms with van der Waals surface area (Å²) in [6, 6.07) is 4.48. The average molecular weight is 425 g/mol. The van der Waals surface area contributed by atoms with Crippen LogP contribution in [0.4, 0.5) is 0 Å². The minimum atomic E-state index is -0.539. The van der Waals surface area contributed by atoms with E-state index in [1.807, 2.05) is 0 Å². The van der Waals surface area contributed by atoms with Crippen molar-refractivity contribution in [3.63, 3.8) is 0 Å². The Balaban J connectivity index is 3.59. The van der Waals surface area contributed by atoms with Gasteiger partial charge in [-0.1, -0.05) is 0 Å². The molecule has 0 aliphatic carbocycles. The second-order valence-corrected chi connectivity index (χ2v) is 9.33. The summed E-state index contributed by atoms with van der Waals surface area (Å²) in [6.07, 6.45) is 1.26. The van der Waals surface area contributed by atoms with Crippen molar-refractivity contribution in [3.05, 3.63) is 39.4 Å². The first-order valence-electron chi connectivity index (χ1n) is 8.85. The molecule has 0 atom stereocenters. The number of benzene rings is 1. The molecule has 0 heterocycles. The van der Waals surface area contributed by atoms with Crippen LogP contribution in [0, 0.1) is 0 Å². The molecule has 0 spiro atoms. The van der Waals surface area contributed by atoms with E-state index >= 15 is 0 Å². The minimum absolute atomic E-state index is 0.320. The molecule has 26 heavy (non-hydrogen) atoms. The molecule has 0 unspecified atom stereocenters. The van der Waals surface area contributed by atoms with Crippen LogP contribution in [0.25, 0.3) is 0 Å². The third-order valence-corrected chi connectivity index (χ3v) is 6.60. The summed E-state index contributed by atoms with van der Waals surface area (Å²) in [7, 11) is 2.63. The zero-order valence-electron chi connectivity index (χ0n) is 17.0. The van der Waals surface area contributed by atoms with E-state index in [4.69, 9.17) is 9.47 Å². The summed E-state index contributed by atoms with van der Waals surface area (Å²) < 4.78 is 11.1. The van der Waals surface area contributed by atoms with Gasteiger partial charge < -0.3 is 0 Å². The zero-order chi connectivity index (χ0) is 20.0. The number of carbonyl (C=O) groups excluding carboxylic acids is 2. The van der Waals surface area contributed by atoms with Crippen LogP contribution in [0.2, 0.25) is 0 Å². The summed E-state index contributed by atoms with van der Waals surface area (Å²) in [4.78, 5) is 23.9. The standard InChI is InChI=1S/C21H30O4Se/c1-12(2)15-9-16(13(3)4)20(17(10-15)14(5)6)26-18(21(23)25-8)11-19(22)24-7/h9-14H,1-8H3/b18-11-. The molecular weight excluding hydrogens is 395 g/mol. The fourth-order valence-corrected chi connectivity index (χ4v) is 5.38. The van der Waals surface area contributed by atoms with E-state index < -0.39 is 11.9 Å². The first kappa shape index (κ1) is 22.5. The Kier molecular flexibility index (Phi) is 8.58. The SMILES string of the molecule is COC(=O)/C=C(\[Se]c1c(C(C)C)cc(C(C)C)cc1C(C)C)C(=O)OC. The summed E-state index contributed by atoms with van der Waals surface area (Å²) in [5, 5.41) is 0. The van der Waals surface area contributed by atoms with Crippen molar-refractivity contribution in [1.82, 2.24) is 0 Å². The summed E-state index contributed by atoms with van der Waals surface area (Å²) in [5.41, 5.74) is 3.77. The third kappa shape index (κ3) is 5.72. The topological polar surface area (TPSA) is 52.6 Å². The van der Waals surface area contributed by atoms with E-state index in [2.05, 4.69) is 53.7 Å². The Morgan fingerprint density at radius 1 is 0.885 bits per heavy atom. The van der Waals surface area contributed by atoms with Gasteiger partial charge in [-0.25, -0.2) is 0 Å². The second-order valence-electron chi connectivity index (χ2n) is 7.12. The van der Waals surface area contributed by atoms with Crippen LogP contribution in [-0.4, -0.2) is 41.1 Å². The average Bonchev–Trinajstić information content (AvgIpc) is 2.59. The van der Waals surface area contributed by atoms with Gasteiger partial charge in [-0.2, -0.15) is 0 Å². The van der Waals surface area contributed by atoms with E-state index in [9.17, 15) is 9.59 Å². The number of rotatable bonds is 7. The van der Waals surface area contributed by atoms with Crippen molar-refractivity contribution in [3.8, 4) is 0 Å². The quantitative estimate of drug-likeness (QED) is 0.381. The van der Waals surface area contributed by atoms with Crippen LogP contribution < -0.4 is 4.46 Å². The molecule has 0 radical (unpaired) electrons. The Hall–Kier alpha value is -1.58. The molecule has 144 valence electrons. The Morgan fingerprint density at radius 2 is 1.38 bits per heavy atom. The van der Waals surface area contributed by atoms with E-state index in [-0.39, 0.29) is 15.0 Å². The van der Waals surface area contributed by atoms with Crippen LogP contribution in [-0.2, 0) is 19.1 Å². The van der Waals surface area contributed by atoms with Crippen LogP contribution in [0.1, 0.15) is 76.0 Å². The molecule has 0 aliphatic heterocycles. The number of methoxy groups -OCH3 is 2. The van der Waals surface area contributed by atoms with Gasteiger partial charge in [0.1, 0.15) is 0 Å². The molecule has 4 nitrogen and oxygen atoms in total. The van der Waals surface area contributed by atoms with Gasteiger partial charge in [-0.05, 0) is 0 Å². The molecule has 0 fully saturated rings. The van der Waals surface area contributed by atoms with Crippen molar-refractivity contribution in [1.29, 1.82) is 0 Å². The fraction of sp³-hybridized carbons (Fsp3) is 0.524. The molecule has 0 saturated carbocycles. The van der Waals surface area contributed by atoms with Crippen molar-refractivity contribution in [2.45, 2.75) is 59.3 Å². The summed E-state index contributed by atoms with van der Waals surface area (Å²) in [6.45, 7) is 13.0. The molecule has 0 saturated heterocycles. The van der Waals surface area contributed by atoms with E-state index in [0.29, 0.717) is 22.2 Å². The van der Waals surface area contributed by atoms with Gasteiger partial charge in [-0.15, -0.1) is 0 Å². The third-order valence-electron chi connectivity index (χ3n) is 4.13. The van der Waals surface area contributed by atoms with Crippen LogP contribution in [0.3, 0.4) is 0 Å². The van der Waals surface area contributed by atoms with Gasteiger partial charge >= 0.3 is 163 Å². The molecule has 5 heteroatoms. The van der Waals surface area contributed by atoms with E-state index in [1.165, 1.54) is 37.0 Å². The van der Waals surface area contributed by atoms with E-state index in [0.717, 1.165) is 4.46 Å². The maximum atomic E-state index is 12.2. The van der Waals surface area contributed by atoms with Crippen LogP contribution >= 0.6 is 0 Å². The molecule has 1 aromatic rings. The van der Waals surface area contributed by atoms with Crippen molar-refractivity contribution >= 4 is 31.4 Å². The molecule has 0 aromatic heterocycles. The number of hydrogen-bond acceptors (Lipinski definition) is 4. The van der Waals surface area contributed by atoms with Crippen molar-refractivity contribution in [2.24, 2.45) is 0 Å². The Labute approximate surface area is 163 Å². The Morgan fingerprint density at radius 3 is 1.73 bits per heavy atom. The van der Waals surface area contributed by atoms with Crippen LogP contribution in [0.5, 0.6) is 0 Å². The number of carbonyl (C=O) groups is 2. The molecule has 0 aliphatic rings. The number of hydrogen-bond donors (Lipinski definition) is 0. The van der Waals surface area contributed by atoms with Gasteiger partial charge in [-0.3, -0.25) is 0 Å². The fourth-order valence-electron chi connectivity index (χ4n) is 2.51. The predicted molar refractivity (Wildman–Crippen MR) is 106 cm³/mol.